The topological polar surface area (TPSA) is 75.7 Å². The van der Waals surface area contributed by atoms with E-state index in [9.17, 15) is 13.2 Å². The molecule has 0 aliphatic carbocycles. The molecular weight excluding hydrogens is 424 g/mol. The van der Waals surface area contributed by atoms with E-state index >= 15 is 0 Å². The molecule has 2 atom stereocenters. The molecule has 2 aromatic carbocycles. The molecule has 1 N–H and O–H groups in total. The molecule has 1 saturated heterocycles. The van der Waals surface area contributed by atoms with E-state index in [4.69, 9.17) is 4.74 Å². The number of piperidine rings is 1. The molecule has 1 aliphatic heterocycles. The summed E-state index contributed by atoms with van der Waals surface area (Å²) in [5, 5.41) is -0.555. The van der Waals surface area contributed by atoms with Crippen LogP contribution in [0.2, 0.25) is 0 Å². The third-order valence-corrected chi connectivity index (χ3v) is 7.43. The van der Waals surface area contributed by atoms with Gasteiger partial charge in [-0.25, -0.2) is 17.9 Å². The Bertz CT molecular complexity index is 1010. The van der Waals surface area contributed by atoms with E-state index in [2.05, 4.69) is 4.72 Å². The van der Waals surface area contributed by atoms with Crippen LogP contribution in [-0.4, -0.2) is 42.8 Å². The predicted molar refractivity (Wildman–Crippen MR) is 128 cm³/mol. The van der Waals surface area contributed by atoms with Crippen molar-refractivity contribution < 1.29 is 17.9 Å². The van der Waals surface area contributed by atoms with Crippen LogP contribution < -0.4 is 4.72 Å². The first kappa shape index (κ1) is 24.3. The van der Waals surface area contributed by atoms with Crippen LogP contribution in [0, 0.1) is 0 Å². The van der Waals surface area contributed by atoms with Gasteiger partial charge in [0.15, 0.2) is 0 Å². The van der Waals surface area contributed by atoms with Gasteiger partial charge in [-0.15, -0.1) is 0 Å². The van der Waals surface area contributed by atoms with Crippen LogP contribution in [0.5, 0.6) is 0 Å². The van der Waals surface area contributed by atoms with Gasteiger partial charge in [0.25, 0.3) is 0 Å². The lowest BCUT2D eigenvalue weighted by Crippen LogP contribution is -2.53. The van der Waals surface area contributed by atoms with E-state index in [1.807, 2.05) is 75.4 Å². The summed E-state index contributed by atoms with van der Waals surface area (Å²) in [7, 11) is -3.50. The second-order valence-electron chi connectivity index (χ2n) is 9.57. The number of ether oxygens (including phenoxy) is 1. The average Bonchev–Trinajstić information content (AvgIpc) is 2.73. The van der Waals surface area contributed by atoms with Crippen molar-refractivity contribution in [3.05, 3.63) is 60.2 Å². The number of benzene rings is 2. The maximum Gasteiger partial charge on any atom is 0.410 e. The fraction of sp³-hybridized carbons (Fsp3) is 0.480. The molecule has 1 fully saturated rings. The lowest BCUT2D eigenvalue weighted by Gasteiger charge is -2.42. The number of nitrogens with zero attached hydrogens (tertiary/aromatic N) is 1. The highest BCUT2D eigenvalue weighted by Crippen LogP contribution is 2.34. The summed E-state index contributed by atoms with van der Waals surface area (Å²) < 4.78 is 33.9. The van der Waals surface area contributed by atoms with Crippen molar-refractivity contribution in [3.8, 4) is 11.1 Å². The standard InChI is InChI=1S/C25H34N2O4S/c1-18(2)32(29,30)26-22-12-9-17-27(24(28)31-25(3,4)5)23(22)21-15-13-20(14-16-21)19-10-7-6-8-11-19/h6-8,10-11,13-16,18,22-23,26H,9,12,17H2,1-5H3. The zero-order valence-electron chi connectivity index (χ0n) is 19.5. The molecule has 6 nitrogen and oxygen atoms in total. The van der Waals surface area contributed by atoms with Gasteiger partial charge in [0.2, 0.25) is 10.0 Å². The van der Waals surface area contributed by atoms with E-state index in [1.165, 1.54) is 0 Å². The maximum atomic E-state index is 13.1. The minimum atomic E-state index is -3.50. The second kappa shape index (κ2) is 9.63. The molecule has 0 radical (unpaired) electrons. The Balaban J connectivity index is 1.97. The van der Waals surface area contributed by atoms with Crippen LogP contribution in [0.25, 0.3) is 11.1 Å². The monoisotopic (exact) mass is 458 g/mol. The number of hydrogen-bond donors (Lipinski definition) is 1. The van der Waals surface area contributed by atoms with E-state index in [0.29, 0.717) is 19.4 Å². The van der Waals surface area contributed by atoms with Crippen LogP contribution in [0.15, 0.2) is 54.6 Å². The number of carbonyl (C=O) groups is 1. The molecule has 174 valence electrons. The van der Waals surface area contributed by atoms with Gasteiger partial charge in [0.1, 0.15) is 5.60 Å². The molecule has 1 heterocycles. The van der Waals surface area contributed by atoms with Crippen molar-refractivity contribution in [2.24, 2.45) is 0 Å². The SMILES string of the molecule is CC(C)S(=O)(=O)NC1CCCN(C(=O)OC(C)(C)C)C1c1ccc(-c2ccccc2)cc1. The van der Waals surface area contributed by atoms with Gasteiger partial charge in [-0.3, -0.25) is 4.90 Å². The summed E-state index contributed by atoms with van der Waals surface area (Å²) in [4.78, 5) is 14.7. The normalized spacial score (nSPS) is 19.8. The van der Waals surface area contributed by atoms with Crippen LogP contribution in [0.4, 0.5) is 4.79 Å². The van der Waals surface area contributed by atoms with Crippen molar-refractivity contribution >= 4 is 16.1 Å². The Kier molecular flexibility index (Phi) is 7.30. The van der Waals surface area contributed by atoms with Gasteiger partial charge in [-0.1, -0.05) is 54.6 Å². The average molecular weight is 459 g/mol. The first-order chi connectivity index (χ1) is 15.0. The number of carbonyl (C=O) groups excluding carboxylic acids is 1. The highest BCUT2D eigenvalue weighted by molar-refractivity contribution is 7.90. The summed E-state index contributed by atoms with van der Waals surface area (Å²) in [6.07, 6.45) is 0.919. The number of likely N-dealkylation sites (tertiary alicyclic amines) is 1. The largest absolute Gasteiger partial charge is 0.444 e. The molecule has 32 heavy (non-hydrogen) atoms. The third kappa shape index (κ3) is 5.90. The number of nitrogens with one attached hydrogen (secondary N) is 1. The minimum absolute atomic E-state index is 0.425. The third-order valence-electron chi connectivity index (χ3n) is 5.55. The number of rotatable bonds is 5. The Morgan fingerprint density at radius 1 is 1.03 bits per heavy atom. The summed E-state index contributed by atoms with van der Waals surface area (Å²) in [5.74, 6) is 0. The van der Waals surface area contributed by atoms with E-state index in [0.717, 1.165) is 16.7 Å². The summed E-state index contributed by atoms with van der Waals surface area (Å²) >= 11 is 0. The Hall–Kier alpha value is -2.38. The first-order valence-corrected chi connectivity index (χ1v) is 12.7. The minimum Gasteiger partial charge on any atom is -0.444 e. The molecular formula is C25H34N2O4S. The van der Waals surface area contributed by atoms with Crippen molar-refractivity contribution in [1.82, 2.24) is 9.62 Å². The molecule has 7 heteroatoms. The molecule has 0 bridgehead atoms. The molecule has 1 aliphatic rings. The second-order valence-corrected chi connectivity index (χ2v) is 11.8. The van der Waals surface area contributed by atoms with Gasteiger partial charge in [-0.2, -0.15) is 0 Å². The highest BCUT2D eigenvalue weighted by Gasteiger charge is 2.39. The number of hydrogen-bond acceptors (Lipinski definition) is 4. The number of amides is 1. The van der Waals surface area contributed by atoms with Crippen molar-refractivity contribution in [2.45, 2.75) is 70.4 Å². The Labute approximate surface area is 192 Å². The Morgan fingerprint density at radius 2 is 1.62 bits per heavy atom. The van der Waals surface area contributed by atoms with Crippen LogP contribution in [-0.2, 0) is 14.8 Å². The maximum absolute atomic E-state index is 13.1. The lowest BCUT2D eigenvalue weighted by atomic mass is 9.90. The van der Waals surface area contributed by atoms with Crippen molar-refractivity contribution in [3.63, 3.8) is 0 Å². The summed E-state index contributed by atoms with van der Waals surface area (Å²) in [5.41, 5.74) is 2.41. The fourth-order valence-corrected chi connectivity index (χ4v) is 4.85. The molecule has 3 rings (SSSR count). The summed E-state index contributed by atoms with van der Waals surface area (Å²) in [6.45, 7) is 9.31. The van der Waals surface area contributed by atoms with Gasteiger partial charge < -0.3 is 4.74 Å². The lowest BCUT2D eigenvalue weighted by molar-refractivity contribution is 0.00539. The van der Waals surface area contributed by atoms with E-state index < -0.39 is 39.1 Å². The van der Waals surface area contributed by atoms with Crippen molar-refractivity contribution in [1.29, 1.82) is 0 Å². The molecule has 0 spiro atoms. The van der Waals surface area contributed by atoms with Gasteiger partial charge >= 0.3 is 6.09 Å². The number of sulfonamides is 1. The zero-order valence-corrected chi connectivity index (χ0v) is 20.4. The van der Waals surface area contributed by atoms with E-state index in [1.54, 1.807) is 18.7 Å². The highest BCUT2D eigenvalue weighted by atomic mass is 32.2. The quantitative estimate of drug-likeness (QED) is 0.675. The smallest absolute Gasteiger partial charge is 0.410 e. The Morgan fingerprint density at radius 3 is 2.19 bits per heavy atom. The van der Waals surface area contributed by atoms with Crippen LogP contribution in [0.3, 0.4) is 0 Å². The van der Waals surface area contributed by atoms with Gasteiger partial charge in [-0.05, 0) is 64.2 Å². The fourth-order valence-electron chi connectivity index (χ4n) is 3.91. The van der Waals surface area contributed by atoms with Gasteiger partial charge in [0.05, 0.1) is 11.3 Å². The molecule has 1 amide bonds. The van der Waals surface area contributed by atoms with Crippen molar-refractivity contribution in [2.75, 3.05) is 6.54 Å². The first-order valence-electron chi connectivity index (χ1n) is 11.1. The predicted octanol–water partition coefficient (Wildman–Crippen LogP) is 5.12. The zero-order chi connectivity index (χ0) is 23.5. The van der Waals surface area contributed by atoms with Crippen LogP contribution in [0.1, 0.15) is 59.1 Å². The summed E-state index contributed by atoms with van der Waals surface area (Å²) in [6, 6.07) is 17.2. The molecule has 0 saturated carbocycles. The van der Waals surface area contributed by atoms with Gasteiger partial charge in [0, 0.05) is 12.6 Å². The molecule has 2 unspecified atom stereocenters. The molecule has 2 aromatic rings. The van der Waals surface area contributed by atoms with Crippen LogP contribution >= 0.6 is 0 Å². The van der Waals surface area contributed by atoms with E-state index in [-0.39, 0.29) is 0 Å². The molecule has 0 aromatic heterocycles.